The Hall–Kier alpha value is -3.03. The lowest BCUT2D eigenvalue weighted by Gasteiger charge is -2.32. The van der Waals surface area contributed by atoms with Crippen molar-refractivity contribution < 1.29 is 4.79 Å². The second-order valence-corrected chi connectivity index (χ2v) is 8.21. The van der Waals surface area contributed by atoms with Crippen LogP contribution in [0.3, 0.4) is 0 Å². The monoisotopic (exact) mass is 403 g/mol. The molecule has 29 heavy (non-hydrogen) atoms. The molecule has 1 aliphatic heterocycles. The van der Waals surface area contributed by atoms with Crippen LogP contribution in [0, 0.1) is 0 Å². The molecule has 0 aliphatic carbocycles. The molecule has 6 nitrogen and oxygen atoms in total. The van der Waals surface area contributed by atoms with Gasteiger partial charge >= 0.3 is 0 Å². The fourth-order valence-corrected chi connectivity index (χ4v) is 4.69. The molecule has 4 aromatic rings. The van der Waals surface area contributed by atoms with E-state index in [0.29, 0.717) is 10.6 Å². The number of benzene rings is 1. The molecule has 0 amide bonds. The molecule has 1 aromatic carbocycles. The standard InChI is InChI=1S/C22H21N5OS/c1-25-11-13-26(14-12-25)22-24-19(16-7-3-2-4-8-16)21(29-22)20(28)17-15-23-18-9-5-6-10-27(17)18/h2-10,15H,11-14H2,1H3. The molecule has 0 N–H and O–H groups in total. The number of nitrogens with zero attached hydrogens (tertiary/aromatic N) is 5. The van der Waals surface area contributed by atoms with Crippen molar-refractivity contribution in [2.24, 2.45) is 0 Å². The quantitative estimate of drug-likeness (QED) is 0.489. The Bertz CT molecular complexity index is 1160. The highest BCUT2D eigenvalue weighted by atomic mass is 32.1. The molecule has 1 saturated heterocycles. The fourth-order valence-electron chi connectivity index (χ4n) is 3.60. The number of fused-ring (bicyclic) bond motifs is 1. The van der Waals surface area contributed by atoms with Gasteiger partial charge < -0.3 is 9.80 Å². The summed E-state index contributed by atoms with van der Waals surface area (Å²) in [6, 6.07) is 15.7. The van der Waals surface area contributed by atoms with Gasteiger partial charge in [0, 0.05) is 37.9 Å². The maximum Gasteiger partial charge on any atom is 0.223 e. The number of anilines is 1. The van der Waals surface area contributed by atoms with Gasteiger partial charge in [-0.1, -0.05) is 47.7 Å². The Balaban J connectivity index is 1.60. The van der Waals surface area contributed by atoms with Crippen LogP contribution in [-0.2, 0) is 0 Å². The molecule has 0 spiro atoms. The molecule has 4 heterocycles. The van der Waals surface area contributed by atoms with Crippen LogP contribution in [0.25, 0.3) is 16.9 Å². The van der Waals surface area contributed by atoms with E-state index in [2.05, 4.69) is 21.8 Å². The summed E-state index contributed by atoms with van der Waals surface area (Å²) in [6.45, 7) is 3.83. The van der Waals surface area contributed by atoms with Gasteiger partial charge in [0.15, 0.2) is 5.13 Å². The summed E-state index contributed by atoms with van der Waals surface area (Å²) in [5.41, 5.74) is 3.04. The van der Waals surface area contributed by atoms with Gasteiger partial charge in [0.25, 0.3) is 0 Å². The van der Waals surface area contributed by atoms with Crippen molar-refractivity contribution in [1.82, 2.24) is 19.3 Å². The fraction of sp³-hybridized carbons (Fsp3) is 0.227. The Morgan fingerprint density at radius 2 is 1.76 bits per heavy atom. The summed E-state index contributed by atoms with van der Waals surface area (Å²) < 4.78 is 1.84. The van der Waals surface area contributed by atoms with Gasteiger partial charge in [-0.15, -0.1) is 0 Å². The van der Waals surface area contributed by atoms with Gasteiger partial charge in [-0.25, -0.2) is 9.97 Å². The van der Waals surface area contributed by atoms with Crippen LogP contribution < -0.4 is 4.90 Å². The van der Waals surface area contributed by atoms with E-state index in [1.54, 1.807) is 6.20 Å². The molecule has 146 valence electrons. The van der Waals surface area contributed by atoms with Crippen LogP contribution in [0.15, 0.2) is 60.9 Å². The summed E-state index contributed by atoms with van der Waals surface area (Å²) >= 11 is 1.48. The minimum Gasteiger partial charge on any atom is -0.345 e. The average molecular weight is 404 g/mol. The normalized spacial score (nSPS) is 15.1. The Kier molecular flexibility index (Phi) is 4.61. The van der Waals surface area contributed by atoms with Crippen LogP contribution >= 0.6 is 11.3 Å². The third kappa shape index (κ3) is 3.32. The van der Waals surface area contributed by atoms with Gasteiger partial charge in [-0.2, -0.15) is 0 Å². The second kappa shape index (κ2) is 7.42. The van der Waals surface area contributed by atoms with Gasteiger partial charge in [0.1, 0.15) is 16.2 Å². The lowest BCUT2D eigenvalue weighted by Crippen LogP contribution is -2.44. The smallest absolute Gasteiger partial charge is 0.223 e. The number of likely N-dealkylation sites (N-methyl/N-ethyl adjacent to an activating group) is 1. The molecule has 0 unspecified atom stereocenters. The molecule has 3 aromatic heterocycles. The van der Waals surface area contributed by atoms with Crippen LogP contribution in [0.5, 0.6) is 0 Å². The van der Waals surface area contributed by atoms with Crippen LogP contribution in [-0.4, -0.2) is 58.3 Å². The number of piperazine rings is 1. The Morgan fingerprint density at radius 1 is 1.00 bits per heavy atom. The van der Waals surface area contributed by atoms with Crippen molar-refractivity contribution >= 4 is 27.9 Å². The number of hydrogen-bond acceptors (Lipinski definition) is 6. The topological polar surface area (TPSA) is 53.7 Å². The molecule has 5 rings (SSSR count). The summed E-state index contributed by atoms with van der Waals surface area (Å²) in [6.07, 6.45) is 3.53. The van der Waals surface area contributed by atoms with Gasteiger partial charge in [-0.05, 0) is 19.2 Å². The Morgan fingerprint density at radius 3 is 2.55 bits per heavy atom. The third-order valence-electron chi connectivity index (χ3n) is 5.29. The maximum atomic E-state index is 13.5. The van der Waals surface area contributed by atoms with Crippen molar-refractivity contribution in [1.29, 1.82) is 0 Å². The zero-order valence-corrected chi connectivity index (χ0v) is 17.0. The molecule has 0 atom stereocenters. The second-order valence-electron chi connectivity index (χ2n) is 7.23. The summed E-state index contributed by atoms with van der Waals surface area (Å²) in [4.78, 5) is 28.1. The number of rotatable bonds is 4. The predicted octanol–water partition coefficient (Wildman–Crippen LogP) is 3.44. The predicted molar refractivity (Wildman–Crippen MR) is 116 cm³/mol. The number of pyridine rings is 1. The first-order valence-electron chi connectivity index (χ1n) is 9.67. The van der Waals surface area contributed by atoms with Crippen molar-refractivity contribution in [2.45, 2.75) is 0 Å². The maximum absolute atomic E-state index is 13.5. The number of carbonyl (C=O) groups is 1. The minimum atomic E-state index is -0.0413. The van der Waals surface area contributed by atoms with Crippen molar-refractivity contribution in [3.8, 4) is 11.3 Å². The SMILES string of the molecule is CN1CCN(c2nc(-c3ccccc3)c(C(=O)c3cnc4ccccn34)s2)CC1. The van der Waals surface area contributed by atoms with Crippen LogP contribution in [0.4, 0.5) is 5.13 Å². The van der Waals surface area contributed by atoms with Crippen molar-refractivity contribution in [2.75, 3.05) is 38.1 Å². The average Bonchev–Trinajstić information content (AvgIpc) is 3.39. The van der Waals surface area contributed by atoms with Crippen molar-refractivity contribution in [3.05, 3.63) is 71.5 Å². The highest BCUT2D eigenvalue weighted by Crippen LogP contribution is 2.35. The number of carbonyl (C=O) groups excluding carboxylic acids is 1. The van der Waals surface area contributed by atoms with E-state index in [-0.39, 0.29) is 5.78 Å². The largest absolute Gasteiger partial charge is 0.345 e. The summed E-state index contributed by atoms with van der Waals surface area (Å²) in [5, 5.41) is 0.911. The van der Waals surface area contributed by atoms with E-state index in [9.17, 15) is 4.79 Å². The lowest BCUT2D eigenvalue weighted by molar-refractivity contribution is 0.103. The van der Waals surface area contributed by atoms with E-state index in [1.165, 1.54) is 11.3 Å². The Labute approximate surface area is 173 Å². The van der Waals surface area contributed by atoms with Gasteiger partial charge in [0.2, 0.25) is 5.78 Å². The van der Waals surface area contributed by atoms with Crippen LogP contribution in [0.1, 0.15) is 15.4 Å². The van der Waals surface area contributed by atoms with E-state index in [1.807, 2.05) is 59.1 Å². The molecular formula is C22H21N5OS. The molecule has 0 saturated carbocycles. The van der Waals surface area contributed by atoms with Crippen molar-refractivity contribution in [3.63, 3.8) is 0 Å². The van der Waals surface area contributed by atoms with E-state index >= 15 is 0 Å². The van der Waals surface area contributed by atoms with E-state index in [4.69, 9.17) is 4.98 Å². The van der Waals surface area contributed by atoms with Crippen LogP contribution in [0.2, 0.25) is 0 Å². The van der Waals surface area contributed by atoms with Gasteiger partial charge in [0.05, 0.1) is 11.9 Å². The number of imidazole rings is 1. The first-order chi connectivity index (χ1) is 14.2. The first-order valence-corrected chi connectivity index (χ1v) is 10.5. The van der Waals surface area contributed by atoms with E-state index < -0.39 is 0 Å². The van der Waals surface area contributed by atoms with Gasteiger partial charge in [-0.3, -0.25) is 9.20 Å². The molecule has 7 heteroatoms. The number of hydrogen-bond donors (Lipinski definition) is 0. The molecular weight excluding hydrogens is 382 g/mol. The first kappa shape index (κ1) is 18.0. The molecule has 1 aliphatic rings. The summed E-state index contributed by atoms with van der Waals surface area (Å²) in [7, 11) is 2.13. The minimum absolute atomic E-state index is 0.0413. The highest BCUT2D eigenvalue weighted by Gasteiger charge is 2.26. The molecule has 0 bridgehead atoms. The number of thiazole rings is 1. The molecule has 1 fully saturated rings. The zero-order valence-electron chi connectivity index (χ0n) is 16.2. The third-order valence-corrected chi connectivity index (χ3v) is 6.41. The lowest BCUT2D eigenvalue weighted by atomic mass is 10.1. The van der Waals surface area contributed by atoms with E-state index in [0.717, 1.165) is 48.2 Å². The number of aromatic nitrogens is 3. The number of ketones is 1. The highest BCUT2D eigenvalue weighted by molar-refractivity contribution is 7.18. The zero-order chi connectivity index (χ0) is 19.8. The summed E-state index contributed by atoms with van der Waals surface area (Å²) in [5.74, 6) is -0.0413. The molecule has 0 radical (unpaired) electrons.